The van der Waals surface area contributed by atoms with E-state index in [1.54, 1.807) is 6.26 Å². The highest BCUT2D eigenvalue weighted by Gasteiger charge is 2.18. The first kappa shape index (κ1) is 15.3. The van der Waals surface area contributed by atoms with Crippen molar-refractivity contribution >= 4 is 5.91 Å². The molecule has 0 fully saturated rings. The van der Waals surface area contributed by atoms with Crippen LogP contribution in [0.5, 0.6) is 0 Å². The minimum Gasteiger partial charge on any atom is -0.469 e. The van der Waals surface area contributed by atoms with Crippen LogP contribution < -0.4 is 11.1 Å². The largest absolute Gasteiger partial charge is 0.469 e. The third-order valence-electron chi connectivity index (χ3n) is 3.53. The second-order valence-electron chi connectivity index (χ2n) is 5.07. The maximum atomic E-state index is 11.8. The second-order valence-corrected chi connectivity index (χ2v) is 5.07. The topological polar surface area (TPSA) is 94.3 Å². The second kappa shape index (κ2) is 7.64. The molecule has 2 aromatic rings. The average Bonchev–Trinajstić information content (AvgIpc) is 3.18. The Morgan fingerprint density at radius 1 is 1.52 bits per heavy atom. The van der Waals surface area contributed by atoms with Gasteiger partial charge in [0.2, 0.25) is 0 Å². The number of hydrogen-bond acceptors (Lipinski definition) is 5. The highest BCUT2D eigenvalue weighted by Crippen LogP contribution is 2.25. The molecule has 0 aliphatic heterocycles. The van der Waals surface area contributed by atoms with E-state index in [0.717, 1.165) is 25.0 Å². The molecular formula is C15H21N3O3. The number of furan rings is 1. The van der Waals surface area contributed by atoms with Crippen LogP contribution in [0.4, 0.5) is 0 Å². The van der Waals surface area contributed by atoms with Crippen molar-refractivity contribution in [3.05, 3.63) is 42.2 Å². The van der Waals surface area contributed by atoms with E-state index in [0.29, 0.717) is 12.1 Å². The van der Waals surface area contributed by atoms with Crippen LogP contribution >= 0.6 is 0 Å². The van der Waals surface area contributed by atoms with Crippen molar-refractivity contribution in [3.63, 3.8) is 0 Å². The van der Waals surface area contributed by atoms with Crippen molar-refractivity contribution in [1.29, 1.82) is 0 Å². The van der Waals surface area contributed by atoms with Gasteiger partial charge in [0, 0.05) is 18.5 Å². The molecular weight excluding hydrogens is 270 g/mol. The van der Waals surface area contributed by atoms with Crippen molar-refractivity contribution in [2.45, 2.75) is 38.1 Å². The van der Waals surface area contributed by atoms with Gasteiger partial charge >= 0.3 is 0 Å². The van der Waals surface area contributed by atoms with Crippen LogP contribution in [-0.2, 0) is 0 Å². The SMILES string of the molecule is CCC(N)CC(CCNC(=O)c1cnoc1)c1ccco1. The predicted octanol–water partition coefficient (Wildman–Crippen LogP) is 2.30. The van der Waals surface area contributed by atoms with Crippen molar-refractivity contribution in [1.82, 2.24) is 10.5 Å². The highest BCUT2D eigenvalue weighted by molar-refractivity contribution is 5.93. The first-order valence-corrected chi connectivity index (χ1v) is 7.17. The summed E-state index contributed by atoms with van der Waals surface area (Å²) in [5.74, 6) is 0.935. The molecule has 0 spiro atoms. The first-order chi connectivity index (χ1) is 10.2. The molecule has 114 valence electrons. The lowest BCUT2D eigenvalue weighted by molar-refractivity contribution is 0.0951. The Morgan fingerprint density at radius 3 is 3.00 bits per heavy atom. The summed E-state index contributed by atoms with van der Waals surface area (Å²) in [6.07, 6.45) is 6.92. The van der Waals surface area contributed by atoms with Gasteiger partial charge in [0.25, 0.3) is 5.91 Å². The van der Waals surface area contributed by atoms with Gasteiger partial charge in [0.1, 0.15) is 12.0 Å². The summed E-state index contributed by atoms with van der Waals surface area (Å²) in [4.78, 5) is 11.8. The summed E-state index contributed by atoms with van der Waals surface area (Å²) >= 11 is 0. The Hall–Kier alpha value is -2.08. The zero-order valence-electron chi connectivity index (χ0n) is 12.1. The number of aromatic nitrogens is 1. The fourth-order valence-electron chi connectivity index (χ4n) is 2.21. The van der Waals surface area contributed by atoms with Gasteiger partial charge in [0.05, 0.1) is 18.0 Å². The molecule has 2 aromatic heterocycles. The van der Waals surface area contributed by atoms with Gasteiger partial charge in [-0.05, 0) is 31.4 Å². The maximum Gasteiger partial charge on any atom is 0.256 e. The van der Waals surface area contributed by atoms with Crippen LogP contribution in [0, 0.1) is 0 Å². The summed E-state index contributed by atoms with van der Waals surface area (Å²) in [5.41, 5.74) is 6.46. The standard InChI is InChI=1S/C15H21N3O3/c1-2-13(16)8-11(14-4-3-7-20-14)5-6-17-15(19)12-9-18-21-10-12/h3-4,7,9-11,13H,2,5-6,8,16H2,1H3,(H,17,19). The van der Waals surface area contributed by atoms with Crippen molar-refractivity contribution < 1.29 is 13.7 Å². The third kappa shape index (κ3) is 4.46. The Balaban J connectivity index is 1.86. The van der Waals surface area contributed by atoms with Crippen LogP contribution in [0.15, 0.2) is 39.8 Å². The van der Waals surface area contributed by atoms with Gasteiger partial charge in [0.15, 0.2) is 0 Å². The van der Waals surface area contributed by atoms with E-state index in [9.17, 15) is 4.79 Å². The fourth-order valence-corrected chi connectivity index (χ4v) is 2.21. The monoisotopic (exact) mass is 291 g/mol. The number of nitrogens with one attached hydrogen (secondary N) is 1. The van der Waals surface area contributed by atoms with Crippen molar-refractivity contribution in [2.75, 3.05) is 6.54 Å². The lowest BCUT2D eigenvalue weighted by Gasteiger charge is -2.18. The first-order valence-electron chi connectivity index (χ1n) is 7.17. The molecule has 2 atom stereocenters. The Kier molecular flexibility index (Phi) is 5.57. The van der Waals surface area contributed by atoms with Crippen LogP contribution in [0.1, 0.15) is 48.2 Å². The van der Waals surface area contributed by atoms with E-state index in [2.05, 4.69) is 21.9 Å². The Labute approximate surface area is 123 Å². The fraction of sp³-hybridized carbons (Fsp3) is 0.467. The molecule has 6 heteroatoms. The number of nitrogens with zero attached hydrogens (tertiary/aromatic N) is 1. The minimum atomic E-state index is -0.186. The highest BCUT2D eigenvalue weighted by atomic mass is 16.5. The zero-order valence-corrected chi connectivity index (χ0v) is 12.1. The van der Waals surface area contributed by atoms with Crippen molar-refractivity contribution in [3.8, 4) is 0 Å². The van der Waals surface area contributed by atoms with E-state index in [1.807, 2.05) is 12.1 Å². The van der Waals surface area contributed by atoms with E-state index in [4.69, 9.17) is 10.2 Å². The summed E-state index contributed by atoms with van der Waals surface area (Å²) in [6, 6.07) is 3.96. The summed E-state index contributed by atoms with van der Waals surface area (Å²) in [7, 11) is 0. The average molecular weight is 291 g/mol. The molecule has 2 unspecified atom stereocenters. The van der Waals surface area contributed by atoms with Gasteiger partial charge in [-0.1, -0.05) is 12.1 Å². The van der Waals surface area contributed by atoms with E-state index in [1.165, 1.54) is 12.5 Å². The number of rotatable bonds is 8. The number of amides is 1. The number of hydrogen-bond donors (Lipinski definition) is 2. The van der Waals surface area contributed by atoms with Crippen molar-refractivity contribution in [2.24, 2.45) is 5.73 Å². The molecule has 2 rings (SSSR count). The molecule has 0 saturated carbocycles. The summed E-state index contributed by atoms with van der Waals surface area (Å²) in [6.45, 7) is 2.61. The van der Waals surface area contributed by atoms with E-state index in [-0.39, 0.29) is 17.9 Å². The van der Waals surface area contributed by atoms with Gasteiger partial charge in [-0.25, -0.2) is 0 Å². The number of carbonyl (C=O) groups excluding carboxylic acids is 1. The molecule has 0 radical (unpaired) electrons. The van der Waals surface area contributed by atoms with Crippen LogP contribution in [0.3, 0.4) is 0 Å². The van der Waals surface area contributed by atoms with E-state index >= 15 is 0 Å². The quantitative estimate of drug-likeness (QED) is 0.778. The van der Waals surface area contributed by atoms with Crippen LogP contribution in [0.25, 0.3) is 0 Å². The molecule has 0 bridgehead atoms. The van der Waals surface area contributed by atoms with Gasteiger partial charge < -0.3 is 20.0 Å². The molecule has 0 aromatic carbocycles. The van der Waals surface area contributed by atoms with Crippen LogP contribution in [-0.4, -0.2) is 23.7 Å². The summed E-state index contributed by atoms with van der Waals surface area (Å²) < 4.78 is 10.1. The lowest BCUT2D eigenvalue weighted by Crippen LogP contribution is -2.27. The zero-order chi connectivity index (χ0) is 15.1. The molecule has 21 heavy (non-hydrogen) atoms. The number of nitrogens with two attached hydrogens (primary N) is 1. The normalized spacial score (nSPS) is 13.8. The number of carbonyl (C=O) groups is 1. The molecule has 0 aliphatic carbocycles. The molecule has 1 amide bonds. The minimum absolute atomic E-state index is 0.133. The maximum absolute atomic E-state index is 11.8. The van der Waals surface area contributed by atoms with Gasteiger partial charge in [-0.3, -0.25) is 4.79 Å². The van der Waals surface area contributed by atoms with Gasteiger partial charge in [-0.2, -0.15) is 0 Å². The third-order valence-corrected chi connectivity index (χ3v) is 3.53. The predicted molar refractivity (Wildman–Crippen MR) is 77.8 cm³/mol. The lowest BCUT2D eigenvalue weighted by atomic mass is 9.93. The molecule has 0 aliphatic rings. The molecule has 3 N–H and O–H groups in total. The summed E-state index contributed by atoms with van der Waals surface area (Å²) in [5, 5.41) is 6.36. The smallest absolute Gasteiger partial charge is 0.256 e. The molecule has 2 heterocycles. The molecule has 6 nitrogen and oxygen atoms in total. The van der Waals surface area contributed by atoms with Gasteiger partial charge in [-0.15, -0.1) is 0 Å². The Morgan fingerprint density at radius 2 is 2.38 bits per heavy atom. The Bertz CT molecular complexity index is 522. The molecule has 0 saturated heterocycles. The van der Waals surface area contributed by atoms with E-state index < -0.39 is 0 Å². The van der Waals surface area contributed by atoms with Crippen LogP contribution in [0.2, 0.25) is 0 Å².